The fourth-order valence-electron chi connectivity index (χ4n) is 2.08. The monoisotopic (exact) mass is 387 g/mol. The van der Waals surface area contributed by atoms with Crippen molar-refractivity contribution in [3.8, 4) is 0 Å². The maximum absolute atomic E-state index is 12.7. The Morgan fingerprint density at radius 3 is 2.76 bits per heavy atom. The van der Waals surface area contributed by atoms with Gasteiger partial charge in [-0.1, -0.05) is 57.9 Å². The summed E-state index contributed by atoms with van der Waals surface area (Å²) in [6, 6.07) is 7.03. The van der Waals surface area contributed by atoms with E-state index >= 15 is 0 Å². The second-order valence-electron chi connectivity index (χ2n) is 4.55. The number of carbonyl (C=O) groups excluding carboxylic acids is 2. The van der Waals surface area contributed by atoms with Crippen LogP contribution in [0.15, 0.2) is 53.0 Å². The number of Topliss-reactive ketones (excluding diaryl/α,β-unsaturated/α-hetero) is 1. The Labute approximate surface area is 141 Å². The van der Waals surface area contributed by atoms with E-state index in [1.807, 2.05) is 6.07 Å². The minimum absolute atomic E-state index is 0.179. The van der Waals surface area contributed by atoms with Gasteiger partial charge in [-0.2, -0.15) is 0 Å². The molecule has 0 radical (unpaired) electrons. The predicted molar refractivity (Wildman–Crippen MR) is 87.7 cm³/mol. The quantitative estimate of drug-likeness (QED) is 0.486. The Balaban J connectivity index is 2.31. The first-order valence-electron chi connectivity index (χ1n) is 6.18. The van der Waals surface area contributed by atoms with Crippen molar-refractivity contribution < 1.29 is 9.59 Å². The summed E-state index contributed by atoms with van der Waals surface area (Å²) >= 11 is 15.3. The van der Waals surface area contributed by atoms with Gasteiger partial charge in [0.25, 0.3) is 0 Å². The number of carbonyl (C=O) groups is 2. The van der Waals surface area contributed by atoms with Crippen LogP contribution >= 0.6 is 39.1 Å². The van der Waals surface area contributed by atoms with Gasteiger partial charge in [0.05, 0.1) is 5.92 Å². The van der Waals surface area contributed by atoms with E-state index in [1.54, 1.807) is 42.5 Å². The lowest BCUT2D eigenvalue weighted by molar-refractivity contribution is -0.119. The molecule has 0 saturated heterocycles. The highest BCUT2D eigenvalue weighted by Crippen LogP contribution is 2.32. The van der Waals surface area contributed by atoms with E-state index in [0.29, 0.717) is 5.56 Å². The molecule has 1 aromatic carbocycles. The van der Waals surface area contributed by atoms with E-state index in [4.69, 9.17) is 23.2 Å². The van der Waals surface area contributed by atoms with Crippen molar-refractivity contribution in [1.29, 1.82) is 0 Å². The van der Waals surface area contributed by atoms with E-state index in [0.717, 1.165) is 4.47 Å². The van der Waals surface area contributed by atoms with Crippen molar-refractivity contribution >= 4 is 50.8 Å². The lowest BCUT2D eigenvalue weighted by Crippen LogP contribution is -2.51. The maximum Gasteiger partial charge on any atom is 0.236 e. The number of amides is 1. The summed E-state index contributed by atoms with van der Waals surface area (Å²) in [5.41, 5.74) is 0.513. The van der Waals surface area contributed by atoms with Gasteiger partial charge in [0.15, 0.2) is 5.78 Å². The largest absolute Gasteiger partial charge is 0.332 e. The van der Waals surface area contributed by atoms with Crippen LogP contribution in [0.1, 0.15) is 10.4 Å². The van der Waals surface area contributed by atoms with E-state index < -0.39 is 16.8 Å². The molecule has 0 aromatic heterocycles. The Kier molecular flexibility index (Phi) is 5.25. The van der Waals surface area contributed by atoms with Crippen molar-refractivity contribution in [2.75, 3.05) is 5.88 Å². The number of benzene rings is 1. The van der Waals surface area contributed by atoms with E-state index in [2.05, 4.69) is 21.2 Å². The van der Waals surface area contributed by atoms with Gasteiger partial charge in [-0.15, -0.1) is 11.6 Å². The summed E-state index contributed by atoms with van der Waals surface area (Å²) in [4.78, 5) is 22.9. The van der Waals surface area contributed by atoms with Crippen molar-refractivity contribution in [1.82, 2.24) is 5.32 Å². The zero-order valence-corrected chi connectivity index (χ0v) is 14.0. The Morgan fingerprint density at radius 2 is 2.10 bits per heavy atom. The molecule has 0 bridgehead atoms. The highest BCUT2D eigenvalue weighted by Gasteiger charge is 2.40. The third-order valence-corrected chi connectivity index (χ3v) is 4.24. The molecular formula is C15H12BrCl2NO2. The normalized spacial score (nSPS) is 23.9. The Morgan fingerprint density at radius 1 is 1.33 bits per heavy atom. The molecular weight excluding hydrogens is 377 g/mol. The summed E-state index contributed by atoms with van der Waals surface area (Å²) in [6.45, 7) is 0. The van der Waals surface area contributed by atoms with Crippen molar-refractivity contribution in [2.45, 2.75) is 5.00 Å². The highest BCUT2D eigenvalue weighted by molar-refractivity contribution is 9.10. The molecule has 2 unspecified atom stereocenters. The standard InChI is InChI=1S/C15H12BrCl2NO2/c16-11-5-3-4-10(8-11)14(21)12-6-1-2-7-15(12,18)19-13(20)9-17/h1-8,12H,9H2,(H,19,20). The zero-order chi connectivity index (χ0) is 15.5. The van der Waals surface area contributed by atoms with Crippen LogP contribution in [0.5, 0.6) is 0 Å². The molecule has 1 N–H and O–H groups in total. The summed E-state index contributed by atoms with van der Waals surface area (Å²) in [6.07, 6.45) is 6.67. The fourth-order valence-corrected chi connectivity index (χ4v) is 2.90. The number of halogens is 3. The summed E-state index contributed by atoms with van der Waals surface area (Å²) in [5, 5.41) is 2.58. The van der Waals surface area contributed by atoms with Crippen LogP contribution in [0.4, 0.5) is 0 Å². The van der Waals surface area contributed by atoms with Gasteiger partial charge >= 0.3 is 0 Å². The smallest absolute Gasteiger partial charge is 0.236 e. The second-order valence-corrected chi connectivity index (χ2v) is 6.35. The van der Waals surface area contributed by atoms with Gasteiger partial charge in [-0.25, -0.2) is 0 Å². The molecule has 1 aliphatic carbocycles. The van der Waals surface area contributed by atoms with Gasteiger partial charge in [-0.05, 0) is 18.2 Å². The second kappa shape index (κ2) is 6.77. The van der Waals surface area contributed by atoms with Crippen LogP contribution in [-0.4, -0.2) is 22.6 Å². The van der Waals surface area contributed by atoms with Gasteiger partial charge in [0.1, 0.15) is 10.9 Å². The third kappa shape index (κ3) is 3.76. The molecule has 1 aliphatic rings. The van der Waals surface area contributed by atoms with Crippen molar-refractivity contribution in [2.24, 2.45) is 5.92 Å². The molecule has 2 rings (SSSR count). The van der Waals surface area contributed by atoms with Crippen molar-refractivity contribution in [3.05, 3.63) is 58.6 Å². The molecule has 6 heteroatoms. The van der Waals surface area contributed by atoms with Gasteiger partial charge in [0.2, 0.25) is 5.91 Å². The number of hydrogen-bond donors (Lipinski definition) is 1. The predicted octanol–water partition coefficient (Wildman–Crippen LogP) is 3.66. The zero-order valence-electron chi connectivity index (χ0n) is 10.9. The Bertz CT molecular complexity index is 630. The van der Waals surface area contributed by atoms with Gasteiger partial charge in [-0.3, -0.25) is 9.59 Å². The van der Waals surface area contributed by atoms with E-state index in [9.17, 15) is 9.59 Å². The lowest BCUT2D eigenvalue weighted by atomic mass is 9.87. The average Bonchev–Trinajstić information content (AvgIpc) is 2.46. The average molecular weight is 389 g/mol. The number of ketones is 1. The topological polar surface area (TPSA) is 46.2 Å². The number of alkyl halides is 2. The molecule has 0 spiro atoms. The first kappa shape index (κ1) is 16.3. The van der Waals surface area contributed by atoms with Crippen LogP contribution < -0.4 is 5.32 Å². The number of rotatable bonds is 4. The van der Waals surface area contributed by atoms with Crippen LogP contribution in [-0.2, 0) is 4.79 Å². The molecule has 0 aliphatic heterocycles. The molecule has 2 atom stereocenters. The first-order chi connectivity index (χ1) is 9.96. The van der Waals surface area contributed by atoms with Crippen LogP contribution in [0.25, 0.3) is 0 Å². The first-order valence-corrected chi connectivity index (χ1v) is 7.88. The lowest BCUT2D eigenvalue weighted by Gasteiger charge is -2.32. The molecule has 0 saturated carbocycles. The van der Waals surface area contributed by atoms with Crippen LogP contribution in [0, 0.1) is 5.92 Å². The number of allylic oxidation sites excluding steroid dienone is 2. The van der Waals surface area contributed by atoms with E-state index in [1.165, 1.54) is 0 Å². The van der Waals surface area contributed by atoms with Crippen molar-refractivity contribution in [3.63, 3.8) is 0 Å². The van der Waals surface area contributed by atoms with Gasteiger partial charge < -0.3 is 5.32 Å². The number of hydrogen-bond acceptors (Lipinski definition) is 2. The molecule has 3 nitrogen and oxygen atoms in total. The minimum Gasteiger partial charge on any atom is -0.332 e. The van der Waals surface area contributed by atoms with Crippen LogP contribution in [0.3, 0.4) is 0 Å². The molecule has 21 heavy (non-hydrogen) atoms. The fraction of sp³-hybridized carbons (Fsp3) is 0.200. The number of nitrogens with one attached hydrogen (secondary N) is 1. The molecule has 110 valence electrons. The molecule has 0 heterocycles. The summed E-state index contributed by atoms with van der Waals surface area (Å²) < 4.78 is 0.800. The maximum atomic E-state index is 12.7. The molecule has 0 fully saturated rings. The van der Waals surface area contributed by atoms with Gasteiger partial charge in [0, 0.05) is 10.0 Å². The minimum atomic E-state index is -1.31. The highest BCUT2D eigenvalue weighted by atomic mass is 79.9. The Hall–Kier alpha value is -1.10. The molecule has 1 amide bonds. The van der Waals surface area contributed by atoms with Crippen LogP contribution in [0.2, 0.25) is 0 Å². The van der Waals surface area contributed by atoms with E-state index in [-0.39, 0.29) is 11.7 Å². The third-order valence-electron chi connectivity index (χ3n) is 3.05. The molecule has 1 aromatic rings. The summed E-state index contributed by atoms with van der Waals surface area (Å²) in [5.74, 6) is -1.53. The SMILES string of the molecule is O=C(CCl)NC1(Cl)C=CC=CC1C(=O)c1cccc(Br)c1. The summed E-state index contributed by atoms with van der Waals surface area (Å²) in [7, 11) is 0.